The second-order valence-electron chi connectivity index (χ2n) is 3.04. The number of pyridine rings is 1. The van der Waals surface area contributed by atoms with Crippen molar-refractivity contribution in [1.82, 2.24) is 10.5 Å². The van der Waals surface area contributed by atoms with Crippen LogP contribution in [0.2, 0.25) is 0 Å². The van der Waals surface area contributed by atoms with Crippen molar-refractivity contribution < 1.29 is 10.0 Å². The van der Waals surface area contributed by atoms with Crippen LogP contribution in [0, 0.1) is 0 Å². The van der Waals surface area contributed by atoms with Gasteiger partial charge in [0.1, 0.15) is 5.56 Å². The first-order valence-electron chi connectivity index (χ1n) is 4.29. The molecule has 2 rings (SSSR count). The number of aromatic amines is 1. The van der Waals surface area contributed by atoms with Crippen molar-refractivity contribution in [2.24, 2.45) is 0 Å². The Hall–Kier alpha value is -2.14. The van der Waals surface area contributed by atoms with E-state index in [1.165, 1.54) is 11.5 Å². The molecule has 0 atom stereocenters. The summed E-state index contributed by atoms with van der Waals surface area (Å²) >= 11 is 0. The molecular formula is C10H8N2O3. The summed E-state index contributed by atoms with van der Waals surface area (Å²) in [5.74, 6) is -0.818. The Morgan fingerprint density at radius 2 is 2.07 bits per heavy atom. The van der Waals surface area contributed by atoms with E-state index in [9.17, 15) is 9.59 Å². The largest absolute Gasteiger partial charge is 0.321 e. The fourth-order valence-corrected chi connectivity index (χ4v) is 1.38. The van der Waals surface area contributed by atoms with Crippen LogP contribution in [0.5, 0.6) is 0 Å². The summed E-state index contributed by atoms with van der Waals surface area (Å²) in [5, 5.41) is 9.16. The summed E-state index contributed by atoms with van der Waals surface area (Å²) in [7, 11) is 0. The third-order valence-electron chi connectivity index (χ3n) is 2.10. The van der Waals surface area contributed by atoms with Crippen molar-refractivity contribution in [3.8, 4) is 0 Å². The van der Waals surface area contributed by atoms with Gasteiger partial charge in [0.25, 0.3) is 11.5 Å². The van der Waals surface area contributed by atoms with Gasteiger partial charge in [-0.2, -0.15) is 0 Å². The lowest BCUT2D eigenvalue weighted by Crippen LogP contribution is -2.26. The van der Waals surface area contributed by atoms with Crippen molar-refractivity contribution >= 4 is 16.8 Å². The number of para-hydroxylation sites is 1. The molecule has 0 bridgehead atoms. The van der Waals surface area contributed by atoms with Gasteiger partial charge in [-0.1, -0.05) is 18.2 Å². The summed E-state index contributed by atoms with van der Waals surface area (Å²) < 4.78 is 0. The van der Waals surface area contributed by atoms with Crippen molar-refractivity contribution in [3.63, 3.8) is 0 Å². The third-order valence-corrected chi connectivity index (χ3v) is 2.10. The van der Waals surface area contributed by atoms with Gasteiger partial charge in [-0.15, -0.1) is 0 Å². The highest BCUT2D eigenvalue weighted by Crippen LogP contribution is 2.09. The van der Waals surface area contributed by atoms with Crippen LogP contribution in [-0.4, -0.2) is 16.1 Å². The number of H-pyrrole nitrogens is 1. The molecule has 5 heteroatoms. The first-order valence-corrected chi connectivity index (χ1v) is 4.29. The van der Waals surface area contributed by atoms with E-state index in [-0.39, 0.29) is 5.56 Å². The Bertz CT molecular complexity index is 574. The van der Waals surface area contributed by atoms with E-state index in [0.717, 1.165) is 5.39 Å². The Balaban J connectivity index is 2.73. The molecule has 0 aliphatic rings. The summed E-state index contributed by atoms with van der Waals surface area (Å²) in [6.45, 7) is 0. The number of benzene rings is 1. The molecule has 0 aliphatic carbocycles. The molecule has 0 unspecified atom stereocenters. The minimum absolute atomic E-state index is 0.115. The Morgan fingerprint density at radius 3 is 2.80 bits per heavy atom. The molecule has 3 N–H and O–H groups in total. The molecule has 1 heterocycles. The van der Waals surface area contributed by atoms with E-state index in [2.05, 4.69) is 4.98 Å². The van der Waals surface area contributed by atoms with Crippen LogP contribution in [0.1, 0.15) is 10.4 Å². The summed E-state index contributed by atoms with van der Waals surface area (Å²) in [5.41, 5.74) is 1.44. The van der Waals surface area contributed by atoms with Crippen molar-refractivity contribution in [2.45, 2.75) is 0 Å². The predicted molar refractivity (Wildman–Crippen MR) is 53.8 cm³/mol. The van der Waals surface area contributed by atoms with E-state index in [1.54, 1.807) is 24.3 Å². The molecule has 0 saturated carbocycles. The van der Waals surface area contributed by atoms with Gasteiger partial charge in [-0.3, -0.25) is 14.8 Å². The maximum absolute atomic E-state index is 11.4. The quantitative estimate of drug-likeness (QED) is 0.471. The van der Waals surface area contributed by atoms with Gasteiger partial charge >= 0.3 is 0 Å². The molecule has 1 amide bonds. The van der Waals surface area contributed by atoms with Crippen LogP contribution in [0.4, 0.5) is 0 Å². The number of carbonyl (C=O) groups is 1. The molecule has 1 aromatic carbocycles. The second-order valence-corrected chi connectivity index (χ2v) is 3.04. The van der Waals surface area contributed by atoms with Gasteiger partial charge in [0.15, 0.2) is 0 Å². The van der Waals surface area contributed by atoms with Crippen molar-refractivity contribution in [1.29, 1.82) is 0 Å². The maximum atomic E-state index is 11.4. The first-order chi connectivity index (χ1) is 7.22. The van der Waals surface area contributed by atoms with E-state index in [4.69, 9.17) is 5.21 Å². The van der Waals surface area contributed by atoms with Crippen LogP contribution in [0.3, 0.4) is 0 Å². The van der Waals surface area contributed by atoms with Gasteiger partial charge in [0.2, 0.25) is 0 Å². The highest BCUT2D eigenvalue weighted by atomic mass is 16.5. The predicted octanol–water partition coefficient (Wildman–Crippen LogP) is 0.647. The number of hydrogen-bond acceptors (Lipinski definition) is 3. The smallest absolute Gasteiger partial charge is 0.280 e. The molecule has 0 aliphatic heterocycles. The molecule has 15 heavy (non-hydrogen) atoms. The number of rotatable bonds is 1. The fraction of sp³-hybridized carbons (Fsp3) is 0. The standard InChI is InChI=1S/C10H8N2O3/c13-9-7(10(14)12-15)5-6-3-1-2-4-8(6)11-9/h1-5,15H,(H,11,13)(H,12,14). The fourth-order valence-electron chi connectivity index (χ4n) is 1.38. The highest BCUT2D eigenvalue weighted by Gasteiger charge is 2.09. The number of fused-ring (bicyclic) bond motifs is 1. The van der Waals surface area contributed by atoms with E-state index >= 15 is 0 Å². The molecule has 0 saturated heterocycles. The molecule has 76 valence electrons. The maximum Gasteiger partial charge on any atom is 0.280 e. The number of hydroxylamine groups is 1. The summed E-state index contributed by atoms with van der Waals surface area (Å²) in [6.07, 6.45) is 0. The molecule has 0 fully saturated rings. The van der Waals surface area contributed by atoms with E-state index in [0.29, 0.717) is 5.52 Å². The molecule has 1 aromatic heterocycles. The zero-order valence-corrected chi connectivity index (χ0v) is 7.65. The average Bonchev–Trinajstić information content (AvgIpc) is 2.27. The second kappa shape index (κ2) is 3.55. The van der Waals surface area contributed by atoms with Crippen LogP contribution >= 0.6 is 0 Å². The van der Waals surface area contributed by atoms with Crippen LogP contribution in [0.25, 0.3) is 10.9 Å². The highest BCUT2D eigenvalue weighted by molar-refractivity contribution is 5.96. The Morgan fingerprint density at radius 1 is 1.33 bits per heavy atom. The molecule has 2 aromatic rings. The lowest BCUT2D eigenvalue weighted by atomic mass is 10.1. The topological polar surface area (TPSA) is 82.2 Å². The summed E-state index contributed by atoms with van der Waals surface area (Å²) in [4.78, 5) is 25.0. The van der Waals surface area contributed by atoms with Gasteiger partial charge in [-0.05, 0) is 17.5 Å². The monoisotopic (exact) mass is 204 g/mol. The third kappa shape index (κ3) is 1.60. The average molecular weight is 204 g/mol. The number of carbonyl (C=O) groups excluding carboxylic acids is 1. The number of aromatic nitrogens is 1. The molecular weight excluding hydrogens is 196 g/mol. The van der Waals surface area contributed by atoms with Crippen LogP contribution < -0.4 is 11.0 Å². The minimum Gasteiger partial charge on any atom is -0.321 e. The molecule has 0 spiro atoms. The first kappa shape index (κ1) is 9.42. The van der Waals surface area contributed by atoms with Gasteiger partial charge < -0.3 is 4.98 Å². The minimum atomic E-state index is -0.818. The van der Waals surface area contributed by atoms with Crippen LogP contribution in [0.15, 0.2) is 35.1 Å². The van der Waals surface area contributed by atoms with E-state index < -0.39 is 11.5 Å². The molecule has 5 nitrogen and oxygen atoms in total. The van der Waals surface area contributed by atoms with Crippen molar-refractivity contribution in [3.05, 3.63) is 46.2 Å². The van der Waals surface area contributed by atoms with Gasteiger partial charge in [0.05, 0.1) is 0 Å². The lowest BCUT2D eigenvalue weighted by molar-refractivity contribution is 0.0705. The summed E-state index contributed by atoms with van der Waals surface area (Å²) in [6, 6.07) is 8.50. The van der Waals surface area contributed by atoms with E-state index in [1.807, 2.05) is 0 Å². The van der Waals surface area contributed by atoms with Crippen molar-refractivity contribution in [2.75, 3.05) is 0 Å². The zero-order chi connectivity index (χ0) is 10.8. The number of hydrogen-bond donors (Lipinski definition) is 3. The normalized spacial score (nSPS) is 10.2. The Kier molecular flexibility index (Phi) is 2.23. The van der Waals surface area contributed by atoms with Crippen LogP contribution in [-0.2, 0) is 0 Å². The number of nitrogens with one attached hydrogen (secondary N) is 2. The Labute approximate surface area is 84.3 Å². The zero-order valence-electron chi connectivity index (χ0n) is 7.65. The lowest BCUT2D eigenvalue weighted by Gasteiger charge is -2.00. The SMILES string of the molecule is O=C(NO)c1cc2ccccc2[nH]c1=O. The molecule has 0 radical (unpaired) electrons. The van der Waals surface area contributed by atoms with Gasteiger partial charge in [0, 0.05) is 5.52 Å². The van der Waals surface area contributed by atoms with Gasteiger partial charge in [-0.25, -0.2) is 5.48 Å². The number of amides is 1.